The molecule has 2 bridgehead atoms. The van der Waals surface area contributed by atoms with Gasteiger partial charge >= 0.3 is 0 Å². The van der Waals surface area contributed by atoms with Crippen LogP contribution < -0.4 is 10.6 Å². The van der Waals surface area contributed by atoms with E-state index >= 15 is 0 Å². The van der Waals surface area contributed by atoms with Crippen LogP contribution in [0.2, 0.25) is 0 Å². The Morgan fingerprint density at radius 3 is 2.67 bits per heavy atom. The highest BCUT2D eigenvalue weighted by Gasteiger charge is 2.37. The Bertz CT molecular complexity index is 306. The third-order valence-corrected chi connectivity index (χ3v) is 4.44. The SMILES string of the molecule is C=CCNC(=O)C(C)N(C)C1CC2CCC(C1)N2. The maximum Gasteiger partial charge on any atom is 0.237 e. The topological polar surface area (TPSA) is 44.4 Å². The van der Waals surface area contributed by atoms with Crippen LogP contribution in [0.5, 0.6) is 0 Å². The van der Waals surface area contributed by atoms with Crippen molar-refractivity contribution in [2.24, 2.45) is 0 Å². The Morgan fingerprint density at radius 1 is 1.50 bits per heavy atom. The second-order valence-electron chi connectivity index (χ2n) is 5.64. The van der Waals surface area contributed by atoms with Crippen molar-refractivity contribution in [2.45, 2.75) is 56.8 Å². The molecule has 102 valence electrons. The van der Waals surface area contributed by atoms with Crippen LogP contribution in [0.4, 0.5) is 0 Å². The Morgan fingerprint density at radius 2 is 2.11 bits per heavy atom. The molecule has 0 spiro atoms. The van der Waals surface area contributed by atoms with Crippen LogP contribution in [0.25, 0.3) is 0 Å². The summed E-state index contributed by atoms with van der Waals surface area (Å²) in [7, 11) is 2.08. The predicted molar refractivity (Wildman–Crippen MR) is 73.4 cm³/mol. The van der Waals surface area contributed by atoms with Crippen molar-refractivity contribution in [3.8, 4) is 0 Å². The standard InChI is InChI=1S/C14H25N3O/c1-4-7-15-14(18)10(2)17(3)13-8-11-5-6-12(9-13)16-11/h4,10-13,16H,1,5-9H2,2-3H3,(H,15,18). The molecule has 2 heterocycles. The smallest absolute Gasteiger partial charge is 0.237 e. The van der Waals surface area contributed by atoms with Crippen molar-refractivity contribution >= 4 is 5.91 Å². The van der Waals surface area contributed by atoms with E-state index in [4.69, 9.17) is 0 Å². The number of rotatable bonds is 5. The first-order chi connectivity index (χ1) is 8.61. The lowest BCUT2D eigenvalue weighted by Gasteiger charge is -2.38. The number of hydrogen-bond acceptors (Lipinski definition) is 3. The Labute approximate surface area is 110 Å². The average Bonchev–Trinajstić information content (AvgIpc) is 2.72. The summed E-state index contributed by atoms with van der Waals surface area (Å²) in [4.78, 5) is 14.2. The van der Waals surface area contributed by atoms with E-state index in [1.165, 1.54) is 25.7 Å². The minimum atomic E-state index is -0.0625. The minimum Gasteiger partial charge on any atom is -0.351 e. The summed E-state index contributed by atoms with van der Waals surface area (Å²) in [6.07, 6.45) is 6.66. The maximum absolute atomic E-state index is 11.9. The molecular weight excluding hydrogens is 226 g/mol. The number of carbonyl (C=O) groups is 1. The molecular formula is C14H25N3O. The third kappa shape index (κ3) is 2.93. The zero-order valence-electron chi connectivity index (χ0n) is 11.5. The number of nitrogens with zero attached hydrogens (tertiary/aromatic N) is 1. The fourth-order valence-electron chi connectivity index (χ4n) is 3.18. The summed E-state index contributed by atoms with van der Waals surface area (Å²) < 4.78 is 0. The molecule has 4 heteroatoms. The van der Waals surface area contributed by atoms with Crippen LogP contribution in [-0.2, 0) is 4.79 Å². The maximum atomic E-state index is 11.9. The highest BCUT2D eigenvalue weighted by Crippen LogP contribution is 2.29. The van der Waals surface area contributed by atoms with Crippen LogP contribution >= 0.6 is 0 Å². The largest absolute Gasteiger partial charge is 0.351 e. The van der Waals surface area contributed by atoms with Crippen LogP contribution in [0.3, 0.4) is 0 Å². The minimum absolute atomic E-state index is 0.0625. The van der Waals surface area contributed by atoms with Gasteiger partial charge in [-0.25, -0.2) is 0 Å². The summed E-state index contributed by atoms with van der Waals surface area (Å²) in [6, 6.07) is 1.81. The summed E-state index contributed by atoms with van der Waals surface area (Å²) in [6.45, 7) is 6.16. The molecule has 0 radical (unpaired) electrons. The summed E-state index contributed by atoms with van der Waals surface area (Å²) in [5, 5.41) is 6.51. The zero-order valence-corrected chi connectivity index (χ0v) is 11.5. The lowest BCUT2D eigenvalue weighted by molar-refractivity contribution is -0.126. The molecule has 0 aromatic heterocycles. The van der Waals surface area contributed by atoms with Crippen LogP contribution in [0.1, 0.15) is 32.6 Å². The van der Waals surface area contributed by atoms with Crippen LogP contribution in [0, 0.1) is 0 Å². The van der Waals surface area contributed by atoms with Crippen molar-refractivity contribution < 1.29 is 4.79 Å². The third-order valence-electron chi connectivity index (χ3n) is 4.44. The monoisotopic (exact) mass is 251 g/mol. The number of carbonyl (C=O) groups excluding carboxylic acids is 1. The average molecular weight is 251 g/mol. The number of hydrogen-bond donors (Lipinski definition) is 2. The molecule has 2 aliphatic heterocycles. The van der Waals surface area contributed by atoms with E-state index in [1.807, 2.05) is 6.92 Å². The van der Waals surface area contributed by atoms with Crippen molar-refractivity contribution in [1.82, 2.24) is 15.5 Å². The van der Waals surface area contributed by atoms with E-state index in [9.17, 15) is 4.79 Å². The van der Waals surface area contributed by atoms with Gasteiger partial charge in [-0.3, -0.25) is 9.69 Å². The molecule has 2 saturated heterocycles. The van der Waals surface area contributed by atoms with E-state index < -0.39 is 0 Å². The molecule has 4 nitrogen and oxygen atoms in total. The first-order valence-electron chi connectivity index (χ1n) is 6.98. The predicted octanol–water partition coefficient (Wildman–Crippen LogP) is 0.892. The van der Waals surface area contributed by atoms with Crippen LogP contribution in [0.15, 0.2) is 12.7 Å². The van der Waals surface area contributed by atoms with Crippen molar-refractivity contribution in [3.63, 3.8) is 0 Å². The Kier molecular flexibility index (Phi) is 4.40. The van der Waals surface area contributed by atoms with Gasteiger partial charge in [-0.15, -0.1) is 6.58 Å². The molecule has 0 aromatic rings. The van der Waals surface area contributed by atoms with Crippen molar-refractivity contribution in [2.75, 3.05) is 13.6 Å². The molecule has 3 atom stereocenters. The van der Waals surface area contributed by atoms with E-state index in [2.05, 4.69) is 29.2 Å². The van der Waals surface area contributed by atoms with Gasteiger partial charge in [0.05, 0.1) is 6.04 Å². The molecule has 2 fully saturated rings. The van der Waals surface area contributed by atoms with Gasteiger partial charge in [0.1, 0.15) is 0 Å². The summed E-state index contributed by atoms with van der Waals surface area (Å²) >= 11 is 0. The van der Waals surface area contributed by atoms with Crippen molar-refractivity contribution in [3.05, 3.63) is 12.7 Å². The molecule has 2 rings (SSSR count). The first kappa shape index (κ1) is 13.6. The number of piperidine rings is 1. The van der Waals surface area contributed by atoms with Gasteiger partial charge in [0.15, 0.2) is 0 Å². The van der Waals surface area contributed by atoms with Crippen molar-refractivity contribution in [1.29, 1.82) is 0 Å². The number of amides is 1. The number of likely N-dealkylation sites (N-methyl/N-ethyl adjacent to an activating group) is 1. The summed E-state index contributed by atoms with van der Waals surface area (Å²) in [5.41, 5.74) is 0. The van der Waals surface area contributed by atoms with Gasteiger partial charge in [0.2, 0.25) is 5.91 Å². The molecule has 2 aliphatic rings. The molecule has 0 aromatic carbocycles. The fourth-order valence-corrected chi connectivity index (χ4v) is 3.18. The van der Waals surface area contributed by atoms with E-state index in [-0.39, 0.29) is 11.9 Å². The van der Waals surface area contributed by atoms with E-state index in [0.717, 1.165) is 0 Å². The van der Waals surface area contributed by atoms with Gasteiger partial charge < -0.3 is 10.6 Å². The lowest BCUT2D eigenvalue weighted by Crippen LogP contribution is -2.53. The van der Waals surface area contributed by atoms with E-state index in [0.29, 0.717) is 24.7 Å². The number of nitrogens with one attached hydrogen (secondary N) is 2. The van der Waals surface area contributed by atoms with Gasteiger partial charge in [0, 0.05) is 24.7 Å². The van der Waals surface area contributed by atoms with Gasteiger partial charge in [0.25, 0.3) is 0 Å². The van der Waals surface area contributed by atoms with Gasteiger partial charge in [-0.1, -0.05) is 6.08 Å². The zero-order chi connectivity index (χ0) is 13.1. The quantitative estimate of drug-likeness (QED) is 0.713. The lowest BCUT2D eigenvalue weighted by atomic mass is 9.97. The second kappa shape index (κ2) is 5.85. The molecule has 0 saturated carbocycles. The molecule has 3 unspecified atom stereocenters. The highest BCUT2D eigenvalue weighted by atomic mass is 16.2. The van der Waals surface area contributed by atoms with E-state index in [1.54, 1.807) is 6.08 Å². The second-order valence-corrected chi connectivity index (χ2v) is 5.64. The molecule has 18 heavy (non-hydrogen) atoms. The first-order valence-corrected chi connectivity index (χ1v) is 6.98. The Balaban J connectivity index is 1.88. The molecule has 2 N–H and O–H groups in total. The summed E-state index contributed by atoms with van der Waals surface area (Å²) in [5.74, 6) is 0.100. The fraction of sp³-hybridized carbons (Fsp3) is 0.786. The van der Waals surface area contributed by atoms with Crippen LogP contribution in [-0.4, -0.2) is 48.6 Å². The normalized spacial score (nSPS) is 32.3. The van der Waals surface area contributed by atoms with Gasteiger partial charge in [-0.2, -0.15) is 0 Å². The van der Waals surface area contributed by atoms with Gasteiger partial charge in [-0.05, 0) is 39.7 Å². The number of fused-ring (bicyclic) bond motifs is 2. The molecule has 0 aliphatic carbocycles. The molecule has 1 amide bonds. The highest BCUT2D eigenvalue weighted by molar-refractivity contribution is 5.81. The Hall–Kier alpha value is -0.870.